The summed E-state index contributed by atoms with van der Waals surface area (Å²) in [6.07, 6.45) is 0. The van der Waals surface area contributed by atoms with E-state index in [2.05, 4.69) is 134 Å². The highest BCUT2D eigenvalue weighted by Gasteiger charge is 2.37. The van der Waals surface area contributed by atoms with E-state index in [0.717, 1.165) is 39.1 Å². The molecular formula is C39H27N3. The smallest absolute Gasteiger partial charge is 0.165 e. The zero-order chi connectivity index (χ0) is 28.0. The minimum Gasteiger partial charge on any atom is -0.292 e. The Labute approximate surface area is 243 Å². The summed E-state index contributed by atoms with van der Waals surface area (Å²) in [6.45, 7) is 4.65. The Balaban J connectivity index is 1.45. The van der Waals surface area contributed by atoms with E-state index in [-0.39, 0.29) is 5.41 Å². The van der Waals surface area contributed by atoms with Crippen LogP contribution in [0.3, 0.4) is 0 Å². The average molecular weight is 538 g/mol. The number of fused-ring (bicyclic) bond motifs is 8. The SMILES string of the molecule is CC1(C)c2ccccc2-c2c(-c3nc4ccccc4nc3-n3c4ccccc4c4cc5ccccc5cc43)cccc21. The molecule has 0 aliphatic heterocycles. The summed E-state index contributed by atoms with van der Waals surface area (Å²) in [5, 5.41) is 4.87. The number of aromatic nitrogens is 3. The van der Waals surface area contributed by atoms with Crippen molar-refractivity contribution in [2.75, 3.05) is 0 Å². The van der Waals surface area contributed by atoms with Crippen LogP contribution in [0.25, 0.3) is 71.8 Å². The Morgan fingerprint density at radius 2 is 1.17 bits per heavy atom. The first-order valence-corrected chi connectivity index (χ1v) is 14.5. The molecule has 3 heteroatoms. The summed E-state index contributed by atoms with van der Waals surface area (Å²) in [4.78, 5) is 10.8. The van der Waals surface area contributed by atoms with Crippen LogP contribution < -0.4 is 0 Å². The molecule has 9 rings (SSSR count). The minimum atomic E-state index is -0.0991. The summed E-state index contributed by atoms with van der Waals surface area (Å²) in [5.41, 5.74) is 11.2. The lowest BCUT2D eigenvalue weighted by Crippen LogP contribution is -2.14. The van der Waals surface area contributed by atoms with Gasteiger partial charge in [0, 0.05) is 21.8 Å². The number of benzene rings is 6. The van der Waals surface area contributed by atoms with Crippen LogP contribution in [-0.2, 0) is 5.41 Å². The van der Waals surface area contributed by atoms with E-state index < -0.39 is 0 Å². The van der Waals surface area contributed by atoms with Gasteiger partial charge in [0.05, 0.1) is 22.1 Å². The lowest BCUT2D eigenvalue weighted by molar-refractivity contribution is 0.660. The quantitative estimate of drug-likeness (QED) is 0.220. The second kappa shape index (κ2) is 8.37. The molecular weight excluding hydrogens is 510 g/mol. The van der Waals surface area contributed by atoms with Crippen molar-refractivity contribution in [1.82, 2.24) is 14.5 Å². The van der Waals surface area contributed by atoms with Crippen LogP contribution in [0.1, 0.15) is 25.0 Å². The van der Waals surface area contributed by atoms with E-state index in [9.17, 15) is 0 Å². The molecule has 2 aromatic heterocycles. The summed E-state index contributed by atoms with van der Waals surface area (Å²) < 4.78 is 2.33. The second-order valence-electron chi connectivity index (χ2n) is 11.9. The number of rotatable bonds is 2. The molecule has 1 aliphatic rings. The molecule has 8 aromatic rings. The van der Waals surface area contributed by atoms with Crippen molar-refractivity contribution in [1.29, 1.82) is 0 Å². The fraction of sp³-hybridized carbons (Fsp3) is 0.0769. The van der Waals surface area contributed by atoms with E-state index in [4.69, 9.17) is 9.97 Å². The highest BCUT2D eigenvalue weighted by atomic mass is 15.1. The van der Waals surface area contributed by atoms with Gasteiger partial charge in [0.25, 0.3) is 0 Å². The fourth-order valence-electron chi connectivity index (χ4n) is 7.16. The maximum absolute atomic E-state index is 5.39. The Bertz CT molecular complexity index is 2390. The zero-order valence-electron chi connectivity index (χ0n) is 23.5. The van der Waals surface area contributed by atoms with Crippen molar-refractivity contribution in [3.05, 3.63) is 139 Å². The average Bonchev–Trinajstić information content (AvgIpc) is 3.47. The summed E-state index contributed by atoms with van der Waals surface area (Å²) >= 11 is 0. The lowest BCUT2D eigenvalue weighted by Gasteiger charge is -2.22. The van der Waals surface area contributed by atoms with Crippen molar-refractivity contribution >= 4 is 43.6 Å². The third-order valence-electron chi connectivity index (χ3n) is 9.17. The predicted octanol–water partition coefficient (Wildman–Crippen LogP) is 9.85. The Kier molecular flexibility index (Phi) is 4.67. The molecule has 0 atom stereocenters. The van der Waals surface area contributed by atoms with Crippen LogP contribution >= 0.6 is 0 Å². The molecule has 0 spiro atoms. The van der Waals surface area contributed by atoms with Crippen molar-refractivity contribution < 1.29 is 0 Å². The number of hydrogen-bond donors (Lipinski definition) is 0. The molecule has 1 aliphatic carbocycles. The summed E-state index contributed by atoms with van der Waals surface area (Å²) in [5.74, 6) is 0.853. The van der Waals surface area contributed by atoms with Gasteiger partial charge in [-0.05, 0) is 63.4 Å². The van der Waals surface area contributed by atoms with Gasteiger partial charge in [0.15, 0.2) is 5.82 Å². The van der Waals surface area contributed by atoms with E-state index in [0.29, 0.717) is 0 Å². The van der Waals surface area contributed by atoms with Gasteiger partial charge in [-0.3, -0.25) is 4.57 Å². The van der Waals surface area contributed by atoms with Gasteiger partial charge in [0.1, 0.15) is 5.69 Å². The maximum Gasteiger partial charge on any atom is 0.165 e. The highest BCUT2D eigenvalue weighted by Crippen LogP contribution is 2.52. The molecule has 0 bridgehead atoms. The number of hydrogen-bond acceptors (Lipinski definition) is 2. The van der Waals surface area contributed by atoms with Crippen molar-refractivity contribution in [3.63, 3.8) is 0 Å². The van der Waals surface area contributed by atoms with E-state index in [1.165, 1.54) is 43.8 Å². The zero-order valence-corrected chi connectivity index (χ0v) is 23.5. The number of nitrogens with zero attached hydrogens (tertiary/aromatic N) is 3. The second-order valence-corrected chi connectivity index (χ2v) is 11.9. The molecule has 0 amide bonds. The van der Waals surface area contributed by atoms with Crippen molar-refractivity contribution in [2.24, 2.45) is 0 Å². The van der Waals surface area contributed by atoms with E-state index in [1.54, 1.807) is 0 Å². The molecule has 0 radical (unpaired) electrons. The normalized spacial score (nSPS) is 13.7. The van der Waals surface area contributed by atoms with E-state index >= 15 is 0 Å². The van der Waals surface area contributed by atoms with Gasteiger partial charge < -0.3 is 0 Å². The first-order valence-electron chi connectivity index (χ1n) is 14.5. The Morgan fingerprint density at radius 3 is 2.02 bits per heavy atom. The fourth-order valence-corrected chi connectivity index (χ4v) is 7.16. The van der Waals surface area contributed by atoms with Gasteiger partial charge in [-0.15, -0.1) is 0 Å². The molecule has 198 valence electrons. The van der Waals surface area contributed by atoms with Gasteiger partial charge in [-0.25, -0.2) is 9.97 Å². The molecule has 0 saturated carbocycles. The van der Waals surface area contributed by atoms with Crippen LogP contribution in [-0.4, -0.2) is 14.5 Å². The minimum absolute atomic E-state index is 0.0991. The van der Waals surface area contributed by atoms with Crippen LogP contribution in [0.15, 0.2) is 127 Å². The molecule has 0 fully saturated rings. The third-order valence-corrected chi connectivity index (χ3v) is 9.17. The molecule has 3 nitrogen and oxygen atoms in total. The van der Waals surface area contributed by atoms with Crippen LogP contribution in [0.4, 0.5) is 0 Å². The van der Waals surface area contributed by atoms with Crippen LogP contribution in [0, 0.1) is 0 Å². The van der Waals surface area contributed by atoms with Crippen molar-refractivity contribution in [3.8, 4) is 28.2 Å². The first-order chi connectivity index (χ1) is 20.6. The summed E-state index contributed by atoms with van der Waals surface area (Å²) in [7, 11) is 0. The number of para-hydroxylation sites is 3. The van der Waals surface area contributed by atoms with Gasteiger partial charge in [-0.2, -0.15) is 0 Å². The monoisotopic (exact) mass is 537 g/mol. The Hall–Kier alpha value is -5.28. The first kappa shape index (κ1) is 23.4. The van der Waals surface area contributed by atoms with Crippen molar-refractivity contribution in [2.45, 2.75) is 19.3 Å². The van der Waals surface area contributed by atoms with Crippen LogP contribution in [0.2, 0.25) is 0 Å². The van der Waals surface area contributed by atoms with Crippen LogP contribution in [0.5, 0.6) is 0 Å². The molecule has 0 N–H and O–H groups in total. The topological polar surface area (TPSA) is 30.7 Å². The van der Waals surface area contributed by atoms with Gasteiger partial charge in [-0.1, -0.05) is 111 Å². The summed E-state index contributed by atoms with van der Waals surface area (Å²) in [6, 6.07) is 45.6. The van der Waals surface area contributed by atoms with E-state index in [1.807, 2.05) is 12.1 Å². The lowest BCUT2D eigenvalue weighted by atomic mass is 9.82. The molecule has 6 aromatic carbocycles. The predicted molar refractivity (Wildman–Crippen MR) is 174 cm³/mol. The molecule has 2 heterocycles. The highest BCUT2D eigenvalue weighted by molar-refractivity contribution is 6.14. The largest absolute Gasteiger partial charge is 0.292 e. The van der Waals surface area contributed by atoms with Gasteiger partial charge >= 0.3 is 0 Å². The standard InChI is InChI=1S/C39H27N3/c1-39(2)30-17-7-5-15-27(30)36-28(16-11-18-31(36)39)37-38(41-33-20-9-8-19-32(33)40-37)42-34-21-10-6-14-26(34)29-22-24-12-3-4-13-25(24)23-35(29)42/h3-23H,1-2H3. The molecule has 0 unspecified atom stereocenters. The molecule has 42 heavy (non-hydrogen) atoms. The Morgan fingerprint density at radius 1 is 0.524 bits per heavy atom. The molecule has 0 saturated heterocycles. The van der Waals surface area contributed by atoms with Gasteiger partial charge in [0.2, 0.25) is 0 Å². The third kappa shape index (κ3) is 3.11. The maximum atomic E-state index is 5.39.